The molecule has 0 radical (unpaired) electrons. The summed E-state index contributed by atoms with van der Waals surface area (Å²) in [5.74, 6) is 5.76. The van der Waals surface area contributed by atoms with Gasteiger partial charge >= 0.3 is 0 Å². The van der Waals surface area contributed by atoms with Crippen molar-refractivity contribution in [3.05, 3.63) is 114 Å². The van der Waals surface area contributed by atoms with Crippen molar-refractivity contribution in [2.24, 2.45) is 0 Å². The normalized spacial score (nSPS) is 13.7. The Kier molecular flexibility index (Phi) is 5.90. The zero-order valence-electron chi connectivity index (χ0n) is 21.0. The molecular weight excluding hydrogens is 472 g/mol. The first kappa shape index (κ1) is 23.5. The Bertz CT molecular complexity index is 1740. The second-order valence-corrected chi connectivity index (χ2v) is 9.59. The van der Waals surface area contributed by atoms with E-state index in [1.807, 2.05) is 55.5 Å². The van der Waals surface area contributed by atoms with Gasteiger partial charge in [0.15, 0.2) is 0 Å². The van der Waals surface area contributed by atoms with E-state index in [0.29, 0.717) is 6.61 Å². The summed E-state index contributed by atoms with van der Waals surface area (Å²) >= 11 is 0. The molecule has 0 bridgehead atoms. The van der Waals surface area contributed by atoms with Crippen molar-refractivity contribution in [2.45, 2.75) is 12.8 Å². The van der Waals surface area contributed by atoms with Crippen LogP contribution in [0.1, 0.15) is 29.5 Å². The van der Waals surface area contributed by atoms with Crippen LogP contribution in [0.4, 0.5) is 0 Å². The first-order valence-electron chi connectivity index (χ1n) is 12.5. The van der Waals surface area contributed by atoms with Crippen molar-refractivity contribution in [3.8, 4) is 41.1 Å². The van der Waals surface area contributed by atoms with Gasteiger partial charge in [0, 0.05) is 17.0 Å². The average molecular weight is 499 g/mol. The fraction of sp³-hybridized carbons (Fsp3) is 0.118. The smallest absolute Gasteiger partial charge is 0.148 e. The molecule has 0 amide bonds. The molecule has 0 saturated carbocycles. The van der Waals surface area contributed by atoms with Gasteiger partial charge < -0.3 is 19.3 Å². The minimum Gasteiger partial charge on any atom is -0.508 e. The topological polar surface area (TPSA) is 47.9 Å². The maximum absolute atomic E-state index is 10.0. The van der Waals surface area contributed by atoms with Crippen LogP contribution in [0.2, 0.25) is 0 Å². The highest BCUT2D eigenvalue weighted by Crippen LogP contribution is 2.52. The molecule has 0 aromatic heterocycles. The van der Waals surface area contributed by atoms with E-state index in [-0.39, 0.29) is 18.3 Å². The third-order valence-electron chi connectivity index (χ3n) is 6.82. The molecule has 0 spiro atoms. The van der Waals surface area contributed by atoms with Crippen LogP contribution in [0, 0.1) is 12.3 Å². The molecular formula is C34H26O4. The number of terminal acetylenes is 1. The standard InChI is InChI=1S/C34H26O4/c1-4-17-36-26-11-13-28-23(18-26)7-15-30-33(28)32(22-5-9-25(35)10-6-22)34-29-14-12-27(37-20-21(2)3)19-24(29)8-16-31(34)38-30/h1,5-16,18-19,32,35H,2,17,20H2,3H3. The summed E-state index contributed by atoms with van der Waals surface area (Å²) in [6.45, 7) is 6.57. The van der Waals surface area contributed by atoms with Gasteiger partial charge in [0.25, 0.3) is 0 Å². The summed E-state index contributed by atoms with van der Waals surface area (Å²) in [4.78, 5) is 0. The third-order valence-corrected chi connectivity index (χ3v) is 6.82. The van der Waals surface area contributed by atoms with E-state index in [0.717, 1.165) is 66.8 Å². The van der Waals surface area contributed by atoms with Crippen LogP contribution in [-0.4, -0.2) is 18.3 Å². The molecule has 6 rings (SSSR count). The van der Waals surface area contributed by atoms with Crippen molar-refractivity contribution in [1.29, 1.82) is 0 Å². The second kappa shape index (κ2) is 9.53. The van der Waals surface area contributed by atoms with Gasteiger partial charge in [-0.2, -0.15) is 0 Å². The van der Waals surface area contributed by atoms with Crippen LogP contribution in [0.25, 0.3) is 21.5 Å². The van der Waals surface area contributed by atoms with Crippen LogP contribution < -0.4 is 14.2 Å². The number of aromatic hydroxyl groups is 1. The second-order valence-electron chi connectivity index (χ2n) is 9.59. The molecule has 1 aliphatic heterocycles. The molecule has 1 atom stereocenters. The fourth-order valence-corrected chi connectivity index (χ4v) is 5.17. The Labute approximate surface area is 221 Å². The number of ether oxygens (including phenoxy) is 3. The average Bonchev–Trinajstić information content (AvgIpc) is 2.93. The molecule has 38 heavy (non-hydrogen) atoms. The van der Waals surface area contributed by atoms with Gasteiger partial charge in [-0.1, -0.05) is 48.9 Å². The van der Waals surface area contributed by atoms with Crippen LogP contribution >= 0.6 is 0 Å². The highest BCUT2D eigenvalue weighted by molar-refractivity contribution is 5.96. The number of phenols is 1. The van der Waals surface area contributed by atoms with Gasteiger partial charge in [0.2, 0.25) is 0 Å². The van der Waals surface area contributed by atoms with Crippen LogP contribution in [0.5, 0.6) is 28.7 Å². The number of rotatable bonds is 6. The summed E-state index contributed by atoms with van der Waals surface area (Å²) < 4.78 is 18.1. The molecule has 0 aliphatic carbocycles. The SMILES string of the molecule is C#CCOc1ccc2c3c(ccc2c1)Oc1ccc2cc(OCC(=C)C)ccc2c1C3c1ccc(O)cc1. The lowest BCUT2D eigenvalue weighted by Crippen LogP contribution is -2.13. The number of benzene rings is 5. The molecule has 1 heterocycles. The van der Waals surface area contributed by atoms with Crippen molar-refractivity contribution < 1.29 is 19.3 Å². The van der Waals surface area contributed by atoms with Gasteiger partial charge in [-0.25, -0.2) is 0 Å². The molecule has 186 valence electrons. The van der Waals surface area contributed by atoms with E-state index in [2.05, 4.69) is 36.8 Å². The Hall–Kier alpha value is -4.88. The van der Waals surface area contributed by atoms with Gasteiger partial charge in [0.1, 0.15) is 42.0 Å². The lowest BCUT2D eigenvalue weighted by molar-refractivity contribution is 0.353. The van der Waals surface area contributed by atoms with E-state index < -0.39 is 0 Å². The third kappa shape index (κ3) is 4.19. The monoisotopic (exact) mass is 498 g/mol. The Morgan fingerprint density at radius 2 is 1.42 bits per heavy atom. The summed E-state index contributed by atoms with van der Waals surface area (Å²) in [6, 6.07) is 27.7. The highest BCUT2D eigenvalue weighted by atomic mass is 16.5. The number of phenolic OH excluding ortho intramolecular Hbond substituents is 1. The molecule has 0 saturated heterocycles. The van der Waals surface area contributed by atoms with Crippen LogP contribution in [0.15, 0.2) is 97.1 Å². The molecule has 1 N–H and O–H groups in total. The molecule has 1 unspecified atom stereocenters. The Balaban J connectivity index is 1.57. The lowest BCUT2D eigenvalue weighted by Gasteiger charge is -2.31. The van der Waals surface area contributed by atoms with Gasteiger partial charge in [-0.15, -0.1) is 6.42 Å². The van der Waals surface area contributed by atoms with Crippen molar-refractivity contribution in [1.82, 2.24) is 0 Å². The summed E-state index contributed by atoms with van der Waals surface area (Å²) in [7, 11) is 0. The van der Waals surface area contributed by atoms with E-state index in [1.54, 1.807) is 12.1 Å². The van der Waals surface area contributed by atoms with E-state index >= 15 is 0 Å². The maximum atomic E-state index is 10.0. The van der Waals surface area contributed by atoms with E-state index in [1.165, 1.54) is 0 Å². The van der Waals surface area contributed by atoms with Crippen LogP contribution in [-0.2, 0) is 0 Å². The Morgan fingerprint density at radius 3 is 1.97 bits per heavy atom. The van der Waals surface area contributed by atoms with E-state index in [9.17, 15) is 5.11 Å². The summed E-state index contributed by atoms with van der Waals surface area (Å²) in [6.07, 6.45) is 5.38. The number of hydrogen-bond acceptors (Lipinski definition) is 4. The molecule has 4 nitrogen and oxygen atoms in total. The fourth-order valence-electron chi connectivity index (χ4n) is 5.17. The van der Waals surface area contributed by atoms with Gasteiger partial charge in [-0.3, -0.25) is 0 Å². The first-order chi connectivity index (χ1) is 18.5. The summed E-state index contributed by atoms with van der Waals surface area (Å²) in [5, 5.41) is 14.3. The zero-order valence-corrected chi connectivity index (χ0v) is 21.0. The lowest BCUT2D eigenvalue weighted by atomic mass is 9.78. The van der Waals surface area contributed by atoms with Crippen molar-refractivity contribution in [3.63, 3.8) is 0 Å². The number of fused-ring (bicyclic) bond motifs is 6. The van der Waals surface area contributed by atoms with Gasteiger partial charge in [0.05, 0.1) is 0 Å². The molecule has 4 heteroatoms. The van der Waals surface area contributed by atoms with Crippen molar-refractivity contribution >= 4 is 21.5 Å². The minimum atomic E-state index is -0.124. The highest BCUT2D eigenvalue weighted by Gasteiger charge is 2.32. The van der Waals surface area contributed by atoms with Crippen LogP contribution in [0.3, 0.4) is 0 Å². The van der Waals surface area contributed by atoms with Crippen molar-refractivity contribution in [2.75, 3.05) is 13.2 Å². The van der Waals surface area contributed by atoms with E-state index in [4.69, 9.17) is 20.6 Å². The predicted molar refractivity (Wildman–Crippen MR) is 152 cm³/mol. The predicted octanol–water partition coefficient (Wildman–Crippen LogP) is 7.95. The molecule has 5 aromatic rings. The van der Waals surface area contributed by atoms with Gasteiger partial charge in [-0.05, 0) is 88.1 Å². The maximum Gasteiger partial charge on any atom is 0.148 e. The quantitative estimate of drug-likeness (QED) is 0.187. The minimum absolute atomic E-state index is 0.124. The molecule has 1 aliphatic rings. The molecule has 0 fully saturated rings. The molecule has 5 aromatic carbocycles. The summed E-state index contributed by atoms with van der Waals surface area (Å²) in [5.41, 5.74) is 4.17. The zero-order chi connectivity index (χ0) is 26.2. The first-order valence-corrected chi connectivity index (χ1v) is 12.5. The Morgan fingerprint density at radius 1 is 0.842 bits per heavy atom. The largest absolute Gasteiger partial charge is 0.508 e. The number of hydrogen-bond donors (Lipinski definition) is 1.